The third-order valence-electron chi connectivity index (χ3n) is 0.479. The summed E-state index contributed by atoms with van der Waals surface area (Å²) in [7, 11) is 0. The lowest BCUT2D eigenvalue weighted by Crippen LogP contribution is -2.13. The first-order chi connectivity index (χ1) is 4.27. The van der Waals surface area contributed by atoms with Gasteiger partial charge >= 0.3 is 0 Å². The molecular formula is C5H8N2O2. The fraction of sp³-hybridized carbons (Fsp3) is 0.200. The van der Waals surface area contributed by atoms with E-state index in [1.54, 1.807) is 0 Å². The molecule has 0 aromatic rings. The maximum absolute atomic E-state index is 9.99. The predicted octanol–water partition coefficient (Wildman–Crippen LogP) is -0.340. The summed E-state index contributed by atoms with van der Waals surface area (Å²) >= 11 is 0. The highest BCUT2D eigenvalue weighted by atomic mass is 16.5. The molecule has 0 bridgehead atoms. The van der Waals surface area contributed by atoms with Gasteiger partial charge in [-0.15, -0.1) is 0 Å². The highest BCUT2D eigenvalue weighted by molar-refractivity contribution is 5.77. The van der Waals surface area contributed by atoms with Gasteiger partial charge in [-0.25, -0.2) is 4.99 Å². The fourth-order valence-electron chi connectivity index (χ4n) is 0.213. The standard InChI is InChI=1S/C5H8N2O2/c1-2-9-4-7-3-5(6)8/h2,4H,1,3H2,(H2,6,8). The molecule has 0 aromatic carbocycles. The zero-order chi connectivity index (χ0) is 7.11. The van der Waals surface area contributed by atoms with Gasteiger partial charge in [-0.2, -0.15) is 0 Å². The molecule has 0 radical (unpaired) electrons. The topological polar surface area (TPSA) is 64.7 Å². The van der Waals surface area contributed by atoms with Crippen molar-refractivity contribution in [3.63, 3.8) is 0 Å². The molecule has 4 heteroatoms. The van der Waals surface area contributed by atoms with Crippen LogP contribution in [0.3, 0.4) is 0 Å². The van der Waals surface area contributed by atoms with E-state index in [1.807, 2.05) is 0 Å². The van der Waals surface area contributed by atoms with Crippen LogP contribution >= 0.6 is 0 Å². The van der Waals surface area contributed by atoms with Crippen molar-refractivity contribution in [3.8, 4) is 0 Å². The van der Waals surface area contributed by atoms with E-state index in [4.69, 9.17) is 5.73 Å². The third kappa shape index (κ3) is 6.68. The summed E-state index contributed by atoms with van der Waals surface area (Å²) in [6.07, 6.45) is 2.31. The van der Waals surface area contributed by atoms with Gasteiger partial charge in [-0.1, -0.05) is 6.58 Å². The number of hydrogen-bond donors (Lipinski definition) is 1. The van der Waals surface area contributed by atoms with Crippen LogP contribution in [-0.2, 0) is 9.53 Å². The van der Waals surface area contributed by atoms with E-state index in [2.05, 4.69) is 16.3 Å². The summed E-state index contributed by atoms with van der Waals surface area (Å²) in [4.78, 5) is 13.5. The maximum atomic E-state index is 9.99. The van der Waals surface area contributed by atoms with Crippen molar-refractivity contribution in [2.75, 3.05) is 6.54 Å². The normalized spacial score (nSPS) is 9.33. The van der Waals surface area contributed by atoms with Gasteiger partial charge in [-0.3, -0.25) is 4.79 Å². The number of aliphatic imine (C=N–C) groups is 1. The second-order valence-electron chi connectivity index (χ2n) is 1.22. The van der Waals surface area contributed by atoms with Crippen molar-refractivity contribution < 1.29 is 9.53 Å². The lowest BCUT2D eigenvalue weighted by molar-refractivity contribution is -0.116. The van der Waals surface area contributed by atoms with E-state index < -0.39 is 5.91 Å². The van der Waals surface area contributed by atoms with E-state index in [-0.39, 0.29) is 6.54 Å². The first kappa shape index (κ1) is 7.68. The van der Waals surface area contributed by atoms with Crippen LogP contribution < -0.4 is 5.73 Å². The summed E-state index contributed by atoms with van der Waals surface area (Å²) in [5.74, 6) is -0.487. The van der Waals surface area contributed by atoms with Crippen LogP contribution in [0.1, 0.15) is 0 Å². The summed E-state index contributed by atoms with van der Waals surface area (Å²) < 4.78 is 4.45. The summed E-state index contributed by atoms with van der Waals surface area (Å²) in [6, 6.07) is 0. The second kappa shape index (κ2) is 4.83. The number of nitrogens with two attached hydrogens (primary N) is 1. The Morgan fingerprint density at radius 1 is 1.89 bits per heavy atom. The highest BCUT2D eigenvalue weighted by Gasteiger charge is 1.84. The molecule has 9 heavy (non-hydrogen) atoms. The van der Waals surface area contributed by atoms with Gasteiger partial charge in [0.2, 0.25) is 5.91 Å². The molecule has 0 fully saturated rings. The van der Waals surface area contributed by atoms with Crippen LogP contribution in [0.4, 0.5) is 0 Å². The predicted molar refractivity (Wildman–Crippen MR) is 33.8 cm³/mol. The second-order valence-corrected chi connectivity index (χ2v) is 1.22. The quantitative estimate of drug-likeness (QED) is 0.320. The van der Waals surface area contributed by atoms with E-state index in [0.29, 0.717) is 0 Å². The summed E-state index contributed by atoms with van der Waals surface area (Å²) in [5, 5.41) is 0. The Balaban J connectivity index is 3.24. The van der Waals surface area contributed by atoms with Crippen molar-refractivity contribution in [1.82, 2.24) is 0 Å². The molecule has 0 rings (SSSR count). The van der Waals surface area contributed by atoms with Crippen LogP contribution in [0, 0.1) is 0 Å². The van der Waals surface area contributed by atoms with Crippen molar-refractivity contribution >= 4 is 12.3 Å². The van der Waals surface area contributed by atoms with Gasteiger partial charge in [0.1, 0.15) is 6.54 Å². The lowest BCUT2D eigenvalue weighted by Gasteiger charge is -1.85. The Hall–Kier alpha value is -1.32. The van der Waals surface area contributed by atoms with Gasteiger partial charge in [0, 0.05) is 0 Å². The molecule has 0 aromatic heterocycles. The SMILES string of the molecule is C=COC=NCC(N)=O. The minimum absolute atomic E-state index is 0.0478. The zero-order valence-corrected chi connectivity index (χ0v) is 4.91. The van der Waals surface area contributed by atoms with Crippen LogP contribution in [0.15, 0.2) is 17.8 Å². The average Bonchev–Trinajstić information content (AvgIpc) is 1.80. The number of carbonyl (C=O) groups is 1. The van der Waals surface area contributed by atoms with Gasteiger partial charge in [0.15, 0.2) is 6.40 Å². The third-order valence-corrected chi connectivity index (χ3v) is 0.479. The maximum Gasteiger partial charge on any atom is 0.239 e. The molecule has 0 saturated carbocycles. The Bertz CT molecular complexity index is 131. The van der Waals surface area contributed by atoms with E-state index in [0.717, 1.165) is 6.40 Å². The monoisotopic (exact) mass is 128 g/mol. The number of primary amides is 1. The van der Waals surface area contributed by atoms with Gasteiger partial charge in [0.25, 0.3) is 0 Å². The zero-order valence-electron chi connectivity index (χ0n) is 4.91. The lowest BCUT2D eigenvalue weighted by atomic mass is 10.6. The Morgan fingerprint density at radius 2 is 2.56 bits per heavy atom. The van der Waals surface area contributed by atoms with Crippen LogP contribution in [0.2, 0.25) is 0 Å². The number of carbonyl (C=O) groups excluding carboxylic acids is 1. The first-order valence-electron chi connectivity index (χ1n) is 2.30. The minimum Gasteiger partial charge on any atom is -0.454 e. The van der Waals surface area contributed by atoms with E-state index in [1.165, 1.54) is 6.26 Å². The van der Waals surface area contributed by atoms with Crippen molar-refractivity contribution in [1.29, 1.82) is 0 Å². The highest BCUT2D eigenvalue weighted by Crippen LogP contribution is 1.68. The molecule has 0 aliphatic rings. The number of amides is 1. The van der Waals surface area contributed by atoms with Crippen LogP contribution in [0.25, 0.3) is 0 Å². The molecular weight excluding hydrogens is 120 g/mol. The number of hydrogen-bond acceptors (Lipinski definition) is 3. The Morgan fingerprint density at radius 3 is 3.00 bits per heavy atom. The number of ether oxygens (including phenoxy) is 1. The largest absolute Gasteiger partial charge is 0.454 e. The minimum atomic E-state index is -0.487. The number of nitrogens with zero attached hydrogens (tertiary/aromatic N) is 1. The molecule has 0 aliphatic carbocycles. The van der Waals surface area contributed by atoms with Gasteiger partial charge in [0.05, 0.1) is 6.26 Å². The fourth-order valence-corrected chi connectivity index (χ4v) is 0.213. The summed E-state index contributed by atoms with van der Waals surface area (Å²) in [5.41, 5.74) is 4.74. The van der Waals surface area contributed by atoms with E-state index >= 15 is 0 Å². The molecule has 1 amide bonds. The first-order valence-corrected chi connectivity index (χ1v) is 2.30. The van der Waals surface area contributed by atoms with Crippen molar-refractivity contribution in [2.24, 2.45) is 10.7 Å². The molecule has 0 saturated heterocycles. The Kier molecular flexibility index (Phi) is 4.12. The van der Waals surface area contributed by atoms with Crippen LogP contribution in [-0.4, -0.2) is 18.9 Å². The van der Waals surface area contributed by atoms with Crippen molar-refractivity contribution in [3.05, 3.63) is 12.8 Å². The molecule has 0 unspecified atom stereocenters. The molecule has 0 heterocycles. The van der Waals surface area contributed by atoms with Gasteiger partial charge < -0.3 is 10.5 Å². The number of rotatable bonds is 4. The molecule has 0 atom stereocenters. The molecule has 50 valence electrons. The van der Waals surface area contributed by atoms with E-state index in [9.17, 15) is 4.79 Å². The summed E-state index contributed by atoms with van der Waals surface area (Å²) in [6.45, 7) is 3.20. The van der Waals surface area contributed by atoms with Crippen LogP contribution in [0.5, 0.6) is 0 Å². The van der Waals surface area contributed by atoms with Crippen molar-refractivity contribution in [2.45, 2.75) is 0 Å². The average molecular weight is 128 g/mol. The van der Waals surface area contributed by atoms with Gasteiger partial charge in [-0.05, 0) is 0 Å². The Labute approximate surface area is 53.0 Å². The molecule has 2 N–H and O–H groups in total. The molecule has 4 nitrogen and oxygen atoms in total. The molecule has 0 spiro atoms. The smallest absolute Gasteiger partial charge is 0.239 e. The molecule has 0 aliphatic heterocycles.